The molecule has 2 aromatic carbocycles. The summed E-state index contributed by atoms with van der Waals surface area (Å²) < 4.78 is 0. The minimum atomic E-state index is 0.336. The monoisotopic (exact) mass is 209 g/mol. The molecule has 0 heteroatoms. The van der Waals surface area contributed by atoms with Crippen LogP contribution in [0.4, 0.5) is 0 Å². The smallest absolute Gasteiger partial charge is 0.0121 e. The SMILES string of the molecule is [CH2]C(Cc1ccccc1)c1ccc(C)cc1. The molecule has 81 valence electrons. The molecule has 0 bridgehead atoms. The summed E-state index contributed by atoms with van der Waals surface area (Å²) in [6.45, 7) is 6.34. The molecule has 2 rings (SSSR count). The standard InChI is InChI=1S/C16H17/c1-13-8-10-16(11-9-13)14(2)12-15-6-4-3-5-7-15/h3-11,14H,2,12H2,1H3. The third-order valence-electron chi connectivity index (χ3n) is 2.87. The summed E-state index contributed by atoms with van der Waals surface area (Å²) in [6, 6.07) is 19.2. The van der Waals surface area contributed by atoms with E-state index >= 15 is 0 Å². The highest BCUT2D eigenvalue weighted by Crippen LogP contribution is 2.20. The quantitative estimate of drug-likeness (QED) is 0.712. The Kier molecular flexibility index (Phi) is 3.40. The lowest BCUT2D eigenvalue weighted by atomic mass is 9.93. The van der Waals surface area contributed by atoms with Crippen LogP contribution in [0.15, 0.2) is 54.6 Å². The van der Waals surface area contributed by atoms with Gasteiger partial charge in [0.05, 0.1) is 0 Å². The summed E-state index contributed by atoms with van der Waals surface area (Å²) in [4.78, 5) is 0. The van der Waals surface area contributed by atoms with Crippen molar-refractivity contribution < 1.29 is 0 Å². The van der Waals surface area contributed by atoms with Gasteiger partial charge < -0.3 is 0 Å². The van der Waals surface area contributed by atoms with Gasteiger partial charge in [0.25, 0.3) is 0 Å². The fourth-order valence-electron chi connectivity index (χ4n) is 1.86. The molecular formula is C16H17. The van der Waals surface area contributed by atoms with E-state index in [4.69, 9.17) is 0 Å². The second-order valence-corrected chi connectivity index (χ2v) is 4.30. The molecule has 0 aromatic heterocycles. The second kappa shape index (κ2) is 4.98. The van der Waals surface area contributed by atoms with Gasteiger partial charge in [0.1, 0.15) is 0 Å². The summed E-state index contributed by atoms with van der Waals surface area (Å²) in [5.41, 5.74) is 3.97. The van der Waals surface area contributed by atoms with E-state index in [2.05, 4.69) is 62.4 Å². The highest BCUT2D eigenvalue weighted by Gasteiger charge is 2.05. The molecule has 1 radical (unpaired) electrons. The molecule has 0 heterocycles. The third-order valence-corrected chi connectivity index (χ3v) is 2.87. The van der Waals surface area contributed by atoms with Crippen LogP contribution in [-0.4, -0.2) is 0 Å². The first kappa shape index (κ1) is 10.9. The van der Waals surface area contributed by atoms with Gasteiger partial charge in [-0.3, -0.25) is 0 Å². The Morgan fingerprint density at radius 3 is 2.19 bits per heavy atom. The van der Waals surface area contributed by atoms with Gasteiger partial charge in [0, 0.05) is 0 Å². The zero-order valence-electron chi connectivity index (χ0n) is 9.69. The van der Waals surface area contributed by atoms with Crippen LogP contribution in [0, 0.1) is 13.8 Å². The fraction of sp³-hybridized carbons (Fsp3) is 0.188. The van der Waals surface area contributed by atoms with Crippen molar-refractivity contribution in [3.05, 3.63) is 78.2 Å². The van der Waals surface area contributed by atoms with Crippen LogP contribution in [-0.2, 0) is 6.42 Å². The molecule has 0 aliphatic heterocycles. The molecule has 1 atom stereocenters. The highest BCUT2D eigenvalue weighted by atomic mass is 14.1. The number of aryl methyl sites for hydroxylation is 1. The van der Waals surface area contributed by atoms with Crippen molar-refractivity contribution in [3.8, 4) is 0 Å². The first-order chi connectivity index (χ1) is 7.75. The Hall–Kier alpha value is -1.56. The van der Waals surface area contributed by atoms with Crippen LogP contribution in [0.2, 0.25) is 0 Å². The van der Waals surface area contributed by atoms with E-state index in [0.717, 1.165) is 6.42 Å². The van der Waals surface area contributed by atoms with Gasteiger partial charge in [-0.25, -0.2) is 0 Å². The summed E-state index contributed by atoms with van der Waals surface area (Å²) in [5, 5.41) is 0. The molecule has 16 heavy (non-hydrogen) atoms. The molecule has 0 aliphatic carbocycles. The lowest BCUT2D eigenvalue weighted by Gasteiger charge is -2.12. The number of benzene rings is 2. The van der Waals surface area contributed by atoms with Crippen molar-refractivity contribution in [1.29, 1.82) is 0 Å². The van der Waals surface area contributed by atoms with E-state index in [1.54, 1.807) is 0 Å². The van der Waals surface area contributed by atoms with Crippen LogP contribution in [0.5, 0.6) is 0 Å². The van der Waals surface area contributed by atoms with E-state index in [1.165, 1.54) is 16.7 Å². The van der Waals surface area contributed by atoms with Crippen molar-refractivity contribution in [2.45, 2.75) is 19.3 Å². The number of hydrogen-bond donors (Lipinski definition) is 0. The molecule has 0 spiro atoms. The number of hydrogen-bond acceptors (Lipinski definition) is 0. The molecule has 0 amide bonds. The summed E-state index contributed by atoms with van der Waals surface area (Å²) >= 11 is 0. The zero-order chi connectivity index (χ0) is 11.4. The van der Waals surface area contributed by atoms with Crippen LogP contribution < -0.4 is 0 Å². The van der Waals surface area contributed by atoms with E-state index < -0.39 is 0 Å². The average Bonchev–Trinajstić information content (AvgIpc) is 2.31. The Morgan fingerprint density at radius 2 is 1.56 bits per heavy atom. The van der Waals surface area contributed by atoms with Crippen molar-refractivity contribution >= 4 is 0 Å². The molecule has 0 nitrogen and oxygen atoms in total. The van der Waals surface area contributed by atoms with Gasteiger partial charge >= 0.3 is 0 Å². The molecule has 0 saturated heterocycles. The first-order valence-corrected chi connectivity index (χ1v) is 5.69. The van der Waals surface area contributed by atoms with Gasteiger partial charge in [-0.05, 0) is 37.3 Å². The largest absolute Gasteiger partial charge is 0.0622 e. The summed E-state index contributed by atoms with van der Waals surface area (Å²) in [5.74, 6) is 0.336. The normalized spacial score (nSPS) is 12.4. The zero-order valence-corrected chi connectivity index (χ0v) is 9.69. The van der Waals surface area contributed by atoms with Gasteiger partial charge in [0.15, 0.2) is 0 Å². The summed E-state index contributed by atoms with van der Waals surface area (Å²) in [6.07, 6.45) is 1.00. The molecule has 1 unspecified atom stereocenters. The maximum atomic E-state index is 4.23. The maximum absolute atomic E-state index is 4.23. The highest BCUT2D eigenvalue weighted by molar-refractivity contribution is 5.27. The van der Waals surface area contributed by atoms with Crippen LogP contribution in [0.3, 0.4) is 0 Å². The summed E-state index contributed by atoms with van der Waals surface area (Å²) in [7, 11) is 0. The minimum absolute atomic E-state index is 0.336. The molecule has 0 N–H and O–H groups in total. The van der Waals surface area contributed by atoms with Crippen molar-refractivity contribution in [3.63, 3.8) is 0 Å². The molecule has 0 fully saturated rings. The second-order valence-electron chi connectivity index (χ2n) is 4.30. The Balaban J connectivity index is 2.09. The van der Waals surface area contributed by atoms with E-state index in [1.807, 2.05) is 6.07 Å². The van der Waals surface area contributed by atoms with E-state index in [9.17, 15) is 0 Å². The predicted octanol–water partition coefficient (Wildman–Crippen LogP) is 4.16. The van der Waals surface area contributed by atoms with E-state index in [-0.39, 0.29) is 0 Å². The topological polar surface area (TPSA) is 0 Å². The van der Waals surface area contributed by atoms with E-state index in [0.29, 0.717) is 5.92 Å². The van der Waals surface area contributed by atoms with Crippen molar-refractivity contribution in [2.75, 3.05) is 0 Å². The van der Waals surface area contributed by atoms with Crippen LogP contribution in [0.25, 0.3) is 0 Å². The Labute approximate surface area is 97.9 Å². The Morgan fingerprint density at radius 1 is 0.938 bits per heavy atom. The fourth-order valence-corrected chi connectivity index (χ4v) is 1.86. The van der Waals surface area contributed by atoms with Gasteiger partial charge in [-0.1, -0.05) is 60.2 Å². The van der Waals surface area contributed by atoms with Gasteiger partial charge in [-0.2, -0.15) is 0 Å². The first-order valence-electron chi connectivity index (χ1n) is 5.69. The lowest BCUT2D eigenvalue weighted by molar-refractivity contribution is 0.832. The average molecular weight is 209 g/mol. The van der Waals surface area contributed by atoms with Crippen LogP contribution in [0.1, 0.15) is 22.6 Å². The third kappa shape index (κ3) is 2.73. The lowest BCUT2D eigenvalue weighted by Crippen LogP contribution is -1.98. The predicted molar refractivity (Wildman–Crippen MR) is 69.4 cm³/mol. The number of rotatable bonds is 3. The van der Waals surface area contributed by atoms with Crippen LogP contribution >= 0.6 is 0 Å². The Bertz CT molecular complexity index is 425. The molecule has 0 aliphatic rings. The minimum Gasteiger partial charge on any atom is -0.0622 e. The van der Waals surface area contributed by atoms with Crippen molar-refractivity contribution in [1.82, 2.24) is 0 Å². The van der Waals surface area contributed by atoms with Crippen molar-refractivity contribution in [2.24, 2.45) is 0 Å². The maximum Gasteiger partial charge on any atom is -0.0121 e. The molecule has 0 saturated carbocycles. The van der Waals surface area contributed by atoms with Gasteiger partial charge in [-0.15, -0.1) is 0 Å². The molecule has 2 aromatic rings. The van der Waals surface area contributed by atoms with Gasteiger partial charge in [0.2, 0.25) is 0 Å². The molecular weight excluding hydrogens is 192 g/mol.